The molecule has 0 radical (unpaired) electrons. The lowest BCUT2D eigenvalue weighted by Crippen LogP contribution is -1.97. The molecule has 0 atom stereocenters. The SMILES string of the molecule is COc1ccc(C(C)C)cc1/C=C(\C)C(=O)O. The van der Waals surface area contributed by atoms with Gasteiger partial charge in [0.15, 0.2) is 0 Å². The van der Waals surface area contributed by atoms with E-state index in [2.05, 4.69) is 13.8 Å². The second kappa shape index (κ2) is 5.53. The van der Waals surface area contributed by atoms with Gasteiger partial charge in [0.25, 0.3) is 0 Å². The fraction of sp³-hybridized carbons (Fsp3) is 0.357. The Labute approximate surface area is 102 Å². The zero-order valence-electron chi connectivity index (χ0n) is 10.7. The Hall–Kier alpha value is -1.77. The summed E-state index contributed by atoms with van der Waals surface area (Å²) in [6.45, 7) is 5.77. The highest BCUT2D eigenvalue weighted by molar-refractivity contribution is 5.91. The molecule has 3 nitrogen and oxygen atoms in total. The van der Waals surface area contributed by atoms with Gasteiger partial charge in [0, 0.05) is 11.1 Å². The van der Waals surface area contributed by atoms with Crippen molar-refractivity contribution < 1.29 is 14.6 Å². The molecule has 1 rings (SSSR count). The first-order valence-electron chi connectivity index (χ1n) is 5.55. The van der Waals surface area contributed by atoms with Crippen LogP contribution in [0.4, 0.5) is 0 Å². The van der Waals surface area contributed by atoms with Gasteiger partial charge in [0.2, 0.25) is 0 Å². The van der Waals surface area contributed by atoms with E-state index in [1.807, 2.05) is 18.2 Å². The van der Waals surface area contributed by atoms with Crippen LogP contribution in [-0.2, 0) is 4.79 Å². The van der Waals surface area contributed by atoms with E-state index in [-0.39, 0.29) is 0 Å². The molecule has 0 unspecified atom stereocenters. The van der Waals surface area contributed by atoms with E-state index in [1.54, 1.807) is 20.1 Å². The fourth-order valence-electron chi connectivity index (χ4n) is 1.52. The van der Waals surface area contributed by atoms with Gasteiger partial charge in [-0.15, -0.1) is 0 Å². The van der Waals surface area contributed by atoms with Crippen LogP contribution in [0.25, 0.3) is 6.08 Å². The second-order valence-corrected chi connectivity index (χ2v) is 4.29. The van der Waals surface area contributed by atoms with Crippen LogP contribution in [0.2, 0.25) is 0 Å². The molecule has 0 heterocycles. The Morgan fingerprint density at radius 2 is 2.06 bits per heavy atom. The Morgan fingerprint density at radius 3 is 2.53 bits per heavy atom. The number of benzene rings is 1. The summed E-state index contributed by atoms with van der Waals surface area (Å²) in [6, 6.07) is 5.84. The quantitative estimate of drug-likeness (QED) is 0.813. The number of carboxylic acid groups (broad SMARTS) is 1. The van der Waals surface area contributed by atoms with Crippen molar-refractivity contribution in [3.63, 3.8) is 0 Å². The van der Waals surface area contributed by atoms with Gasteiger partial charge in [-0.1, -0.05) is 19.9 Å². The number of carbonyl (C=O) groups is 1. The summed E-state index contributed by atoms with van der Waals surface area (Å²) in [6.07, 6.45) is 1.63. The number of carboxylic acids is 1. The normalized spacial score (nSPS) is 11.7. The Bertz CT molecular complexity index is 445. The lowest BCUT2D eigenvalue weighted by Gasteiger charge is -2.10. The van der Waals surface area contributed by atoms with Crippen LogP contribution in [0.5, 0.6) is 5.75 Å². The molecule has 0 bridgehead atoms. The molecule has 1 aromatic rings. The van der Waals surface area contributed by atoms with Gasteiger partial charge in [0.1, 0.15) is 5.75 Å². The van der Waals surface area contributed by atoms with E-state index >= 15 is 0 Å². The molecule has 0 aromatic heterocycles. The largest absolute Gasteiger partial charge is 0.496 e. The van der Waals surface area contributed by atoms with Crippen molar-refractivity contribution in [2.45, 2.75) is 26.7 Å². The highest BCUT2D eigenvalue weighted by Crippen LogP contribution is 2.26. The maximum atomic E-state index is 10.8. The van der Waals surface area contributed by atoms with Crippen molar-refractivity contribution in [2.24, 2.45) is 0 Å². The summed E-state index contributed by atoms with van der Waals surface area (Å²) in [4.78, 5) is 10.8. The van der Waals surface area contributed by atoms with Crippen molar-refractivity contribution >= 4 is 12.0 Å². The third-order valence-electron chi connectivity index (χ3n) is 2.63. The van der Waals surface area contributed by atoms with Crippen LogP contribution in [0.1, 0.15) is 37.8 Å². The minimum absolute atomic E-state index is 0.296. The topological polar surface area (TPSA) is 46.5 Å². The number of methoxy groups -OCH3 is 1. The zero-order valence-corrected chi connectivity index (χ0v) is 10.7. The Morgan fingerprint density at radius 1 is 1.41 bits per heavy atom. The van der Waals surface area contributed by atoms with Crippen LogP contribution in [0.3, 0.4) is 0 Å². The van der Waals surface area contributed by atoms with E-state index in [0.717, 1.165) is 11.1 Å². The van der Waals surface area contributed by atoms with E-state index in [0.29, 0.717) is 17.2 Å². The Balaban J connectivity index is 3.24. The number of hydrogen-bond acceptors (Lipinski definition) is 2. The van der Waals surface area contributed by atoms with E-state index in [4.69, 9.17) is 9.84 Å². The highest BCUT2D eigenvalue weighted by Gasteiger charge is 2.07. The molecule has 92 valence electrons. The molecule has 0 aliphatic heterocycles. The van der Waals surface area contributed by atoms with Gasteiger partial charge >= 0.3 is 5.97 Å². The molecule has 0 spiro atoms. The van der Waals surface area contributed by atoms with E-state index < -0.39 is 5.97 Å². The lowest BCUT2D eigenvalue weighted by molar-refractivity contribution is -0.132. The molecule has 0 fully saturated rings. The summed E-state index contributed by atoms with van der Waals surface area (Å²) >= 11 is 0. The van der Waals surface area contributed by atoms with Crippen molar-refractivity contribution in [2.75, 3.05) is 7.11 Å². The van der Waals surface area contributed by atoms with Crippen LogP contribution in [0, 0.1) is 0 Å². The molecule has 0 aliphatic rings. The zero-order chi connectivity index (χ0) is 13.0. The highest BCUT2D eigenvalue weighted by atomic mass is 16.5. The smallest absolute Gasteiger partial charge is 0.331 e. The summed E-state index contributed by atoms with van der Waals surface area (Å²) in [5.74, 6) is 0.176. The molecular formula is C14H18O3. The number of hydrogen-bond donors (Lipinski definition) is 1. The lowest BCUT2D eigenvalue weighted by atomic mass is 9.99. The first-order chi connectivity index (χ1) is 7.95. The molecular weight excluding hydrogens is 216 g/mol. The molecule has 17 heavy (non-hydrogen) atoms. The predicted octanol–water partition coefficient (Wildman–Crippen LogP) is 3.31. The maximum Gasteiger partial charge on any atom is 0.331 e. The van der Waals surface area contributed by atoms with Crippen molar-refractivity contribution in [1.82, 2.24) is 0 Å². The first-order valence-corrected chi connectivity index (χ1v) is 5.55. The van der Waals surface area contributed by atoms with Crippen molar-refractivity contribution in [3.8, 4) is 5.75 Å². The number of aliphatic carboxylic acids is 1. The molecule has 1 aromatic carbocycles. The minimum atomic E-state index is -0.915. The number of ether oxygens (including phenoxy) is 1. The monoisotopic (exact) mass is 234 g/mol. The molecule has 1 N–H and O–H groups in total. The first kappa shape index (κ1) is 13.3. The number of rotatable bonds is 4. The Kier molecular flexibility index (Phi) is 4.32. The van der Waals surface area contributed by atoms with Crippen LogP contribution < -0.4 is 4.74 Å². The van der Waals surface area contributed by atoms with E-state index in [9.17, 15) is 4.79 Å². The van der Waals surface area contributed by atoms with Gasteiger partial charge in [-0.25, -0.2) is 4.79 Å². The minimum Gasteiger partial charge on any atom is -0.496 e. The summed E-state index contributed by atoms with van der Waals surface area (Å²) in [7, 11) is 1.58. The predicted molar refractivity (Wildman–Crippen MR) is 68.4 cm³/mol. The molecule has 0 amide bonds. The summed E-state index contributed by atoms with van der Waals surface area (Å²) in [5.41, 5.74) is 2.26. The molecule has 0 aliphatic carbocycles. The van der Waals surface area contributed by atoms with Crippen LogP contribution >= 0.6 is 0 Å². The van der Waals surface area contributed by atoms with Crippen molar-refractivity contribution in [3.05, 3.63) is 34.9 Å². The molecule has 0 saturated heterocycles. The fourth-order valence-corrected chi connectivity index (χ4v) is 1.52. The summed E-state index contributed by atoms with van der Waals surface area (Å²) < 4.78 is 5.22. The average molecular weight is 234 g/mol. The van der Waals surface area contributed by atoms with Gasteiger partial charge in [-0.3, -0.25) is 0 Å². The molecule has 0 saturated carbocycles. The summed E-state index contributed by atoms with van der Waals surface area (Å²) in [5, 5.41) is 8.88. The van der Waals surface area contributed by atoms with Crippen LogP contribution in [0.15, 0.2) is 23.8 Å². The van der Waals surface area contributed by atoms with E-state index in [1.165, 1.54) is 0 Å². The standard InChI is InChI=1S/C14H18O3/c1-9(2)11-5-6-13(17-4)12(8-11)7-10(3)14(15)16/h5-9H,1-4H3,(H,15,16)/b10-7+. The average Bonchev–Trinajstić information content (AvgIpc) is 2.28. The third kappa shape index (κ3) is 3.34. The third-order valence-corrected chi connectivity index (χ3v) is 2.63. The van der Waals surface area contributed by atoms with Gasteiger partial charge in [0.05, 0.1) is 7.11 Å². The van der Waals surface area contributed by atoms with Gasteiger partial charge in [-0.05, 0) is 36.6 Å². The van der Waals surface area contributed by atoms with Crippen LogP contribution in [-0.4, -0.2) is 18.2 Å². The maximum absolute atomic E-state index is 10.8. The van der Waals surface area contributed by atoms with Gasteiger partial charge in [-0.2, -0.15) is 0 Å². The second-order valence-electron chi connectivity index (χ2n) is 4.29. The van der Waals surface area contributed by atoms with Crippen molar-refractivity contribution in [1.29, 1.82) is 0 Å². The molecule has 3 heteroatoms. The van der Waals surface area contributed by atoms with Gasteiger partial charge < -0.3 is 9.84 Å².